The number of carbonyl (C=O) groups is 1. The highest BCUT2D eigenvalue weighted by molar-refractivity contribution is 7.89. The van der Waals surface area contributed by atoms with Crippen LogP contribution in [-0.2, 0) is 14.8 Å². The Morgan fingerprint density at radius 1 is 1.14 bits per heavy atom. The Morgan fingerprint density at radius 2 is 1.79 bits per heavy atom. The lowest BCUT2D eigenvalue weighted by atomic mass is 10.0. The Labute approximate surface area is 171 Å². The van der Waals surface area contributed by atoms with Gasteiger partial charge in [0.05, 0.1) is 31.3 Å². The zero-order valence-corrected chi connectivity index (χ0v) is 17.7. The summed E-state index contributed by atoms with van der Waals surface area (Å²) in [5, 5.41) is 2.94. The molecule has 1 fully saturated rings. The van der Waals surface area contributed by atoms with Crippen LogP contribution in [0.2, 0.25) is 0 Å². The van der Waals surface area contributed by atoms with Gasteiger partial charge in [-0.1, -0.05) is 17.7 Å². The molecule has 2 aromatic rings. The number of nitrogens with zero attached hydrogens (tertiary/aromatic N) is 1. The van der Waals surface area contributed by atoms with Crippen LogP contribution < -0.4 is 10.1 Å². The molecule has 0 spiro atoms. The Morgan fingerprint density at radius 3 is 2.41 bits per heavy atom. The fourth-order valence-electron chi connectivity index (χ4n) is 3.26. The van der Waals surface area contributed by atoms with Gasteiger partial charge in [0.2, 0.25) is 10.0 Å². The van der Waals surface area contributed by atoms with E-state index in [2.05, 4.69) is 5.32 Å². The SMILES string of the molecule is COc1ccc(C)cc1[C@H](C)NC(=O)c1ccc(S(=O)(=O)N2CCOCC2)cc1. The first-order valence-electron chi connectivity index (χ1n) is 9.46. The number of ether oxygens (including phenoxy) is 2. The molecule has 7 nitrogen and oxygen atoms in total. The maximum absolute atomic E-state index is 12.7. The lowest BCUT2D eigenvalue weighted by Crippen LogP contribution is -2.40. The summed E-state index contributed by atoms with van der Waals surface area (Å²) in [5.74, 6) is 0.423. The van der Waals surface area contributed by atoms with Crippen molar-refractivity contribution in [2.24, 2.45) is 0 Å². The van der Waals surface area contributed by atoms with Gasteiger partial charge in [-0.2, -0.15) is 4.31 Å². The van der Waals surface area contributed by atoms with E-state index < -0.39 is 10.0 Å². The van der Waals surface area contributed by atoms with Gasteiger partial charge in [0.25, 0.3) is 5.91 Å². The minimum absolute atomic E-state index is 0.171. The van der Waals surface area contributed by atoms with Gasteiger partial charge >= 0.3 is 0 Å². The minimum Gasteiger partial charge on any atom is -0.496 e. The molecular weight excluding hydrogens is 392 g/mol. The molecule has 0 bridgehead atoms. The summed E-state index contributed by atoms with van der Waals surface area (Å²) in [4.78, 5) is 12.8. The van der Waals surface area contributed by atoms with E-state index in [4.69, 9.17) is 9.47 Å². The summed E-state index contributed by atoms with van der Waals surface area (Å²) in [5.41, 5.74) is 2.34. The van der Waals surface area contributed by atoms with Crippen LogP contribution >= 0.6 is 0 Å². The molecule has 0 aromatic heterocycles. The van der Waals surface area contributed by atoms with Gasteiger partial charge in [0, 0.05) is 24.2 Å². The van der Waals surface area contributed by atoms with Crippen molar-refractivity contribution in [3.05, 3.63) is 59.2 Å². The number of methoxy groups -OCH3 is 1. The van der Waals surface area contributed by atoms with Gasteiger partial charge in [0.15, 0.2) is 0 Å². The zero-order valence-electron chi connectivity index (χ0n) is 16.8. The molecule has 0 unspecified atom stereocenters. The molecule has 1 heterocycles. The quantitative estimate of drug-likeness (QED) is 0.779. The molecule has 0 radical (unpaired) electrons. The smallest absolute Gasteiger partial charge is 0.251 e. The fraction of sp³-hybridized carbons (Fsp3) is 0.381. The van der Waals surface area contributed by atoms with E-state index in [1.807, 2.05) is 32.0 Å². The highest BCUT2D eigenvalue weighted by Gasteiger charge is 2.26. The number of aryl methyl sites for hydroxylation is 1. The molecule has 1 aliphatic heterocycles. The predicted molar refractivity (Wildman–Crippen MR) is 110 cm³/mol. The van der Waals surface area contributed by atoms with Crippen LogP contribution in [0.3, 0.4) is 0 Å². The molecule has 2 aromatic carbocycles. The third-order valence-corrected chi connectivity index (χ3v) is 6.84. The molecule has 0 saturated carbocycles. The van der Waals surface area contributed by atoms with E-state index in [1.165, 1.54) is 28.6 Å². The van der Waals surface area contributed by atoms with Crippen LogP contribution in [0.15, 0.2) is 47.4 Å². The van der Waals surface area contributed by atoms with Gasteiger partial charge < -0.3 is 14.8 Å². The van der Waals surface area contributed by atoms with Gasteiger partial charge in [-0.05, 0) is 44.2 Å². The Bertz CT molecular complexity index is 967. The summed E-state index contributed by atoms with van der Waals surface area (Å²) in [6.07, 6.45) is 0. The van der Waals surface area contributed by atoms with Crippen molar-refractivity contribution >= 4 is 15.9 Å². The largest absolute Gasteiger partial charge is 0.496 e. The van der Waals surface area contributed by atoms with Crippen LogP contribution in [-0.4, -0.2) is 52.0 Å². The molecule has 1 N–H and O–H groups in total. The summed E-state index contributed by atoms with van der Waals surface area (Å²) in [6.45, 7) is 5.30. The Balaban J connectivity index is 1.73. The van der Waals surface area contributed by atoms with Crippen molar-refractivity contribution in [1.29, 1.82) is 0 Å². The standard InChI is InChI=1S/C21H26N2O5S/c1-15-4-9-20(27-3)19(14-15)16(2)22-21(24)17-5-7-18(8-6-17)29(25,26)23-10-12-28-13-11-23/h4-9,14,16H,10-13H2,1-3H3,(H,22,24)/t16-/m0/s1. The monoisotopic (exact) mass is 418 g/mol. The van der Waals surface area contributed by atoms with Gasteiger partial charge in [0.1, 0.15) is 5.75 Å². The van der Waals surface area contributed by atoms with Crippen molar-refractivity contribution in [3.63, 3.8) is 0 Å². The first-order chi connectivity index (χ1) is 13.8. The third-order valence-electron chi connectivity index (χ3n) is 4.92. The molecule has 8 heteroatoms. The minimum atomic E-state index is -3.58. The van der Waals surface area contributed by atoms with Gasteiger partial charge in [-0.3, -0.25) is 4.79 Å². The topological polar surface area (TPSA) is 84.9 Å². The maximum atomic E-state index is 12.7. The molecule has 3 rings (SSSR count). The number of sulfonamides is 1. The highest BCUT2D eigenvalue weighted by atomic mass is 32.2. The van der Waals surface area contributed by atoms with Gasteiger partial charge in [-0.25, -0.2) is 8.42 Å². The van der Waals surface area contributed by atoms with E-state index in [-0.39, 0.29) is 16.8 Å². The van der Waals surface area contributed by atoms with Crippen molar-refractivity contribution in [3.8, 4) is 5.75 Å². The second-order valence-electron chi connectivity index (χ2n) is 6.98. The van der Waals surface area contributed by atoms with Crippen LogP contribution in [0.5, 0.6) is 5.75 Å². The van der Waals surface area contributed by atoms with Crippen molar-refractivity contribution in [1.82, 2.24) is 9.62 Å². The van der Waals surface area contributed by atoms with E-state index >= 15 is 0 Å². The molecule has 1 saturated heterocycles. The van der Waals surface area contributed by atoms with Crippen LogP contribution in [0.1, 0.15) is 34.5 Å². The normalized spacial score (nSPS) is 16.2. The molecule has 29 heavy (non-hydrogen) atoms. The number of rotatable bonds is 6. The number of morpholine rings is 1. The number of nitrogens with one attached hydrogen (secondary N) is 1. The molecular formula is C21H26N2O5S. The molecule has 1 atom stereocenters. The number of hydrogen-bond donors (Lipinski definition) is 1. The molecule has 1 amide bonds. The fourth-order valence-corrected chi connectivity index (χ4v) is 4.67. The van der Waals surface area contributed by atoms with Crippen molar-refractivity contribution in [2.75, 3.05) is 33.4 Å². The molecule has 0 aliphatic carbocycles. The Kier molecular flexibility index (Phi) is 6.56. The Hall–Kier alpha value is -2.42. The summed E-state index contributed by atoms with van der Waals surface area (Å²) >= 11 is 0. The lowest BCUT2D eigenvalue weighted by molar-refractivity contribution is 0.0730. The van der Waals surface area contributed by atoms with Crippen LogP contribution in [0, 0.1) is 6.92 Å². The molecule has 156 valence electrons. The van der Waals surface area contributed by atoms with E-state index in [1.54, 1.807) is 7.11 Å². The summed E-state index contributed by atoms with van der Waals surface area (Å²) in [6, 6.07) is 11.5. The number of hydrogen-bond acceptors (Lipinski definition) is 5. The van der Waals surface area contributed by atoms with Crippen molar-refractivity contribution < 1.29 is 22.7 Å². The average molecular weight is 419 g/mol. The van der Waals surface area contributed by atoms with E-state index in [0.29, 0.717) is 37.6 Å². The van der Waals surface area contributed by atoms with Gasteiger partial charge in [-0.15, -0.1) is 0 Å². The first-order valence-corrected chi connectivity index (χ1v) is 10.9. The first kappa shape index (κ1) is 21.3. The number of benzene rings is 2. The predicted octanol–water partition coefficient (Wildman–Crippen LogP) is 2.52. The molecule has 1 aliphatic rings. The summed E-state index contributed by atoms with van der Waals surface area (Å²) < 4.78 is 37.4. The lowest BCUT2D eigenvalue weighted by Gasteiger charge is -2.26. The van der Waals surface area contributed by atoms with Crippen LogP contribution in [0.25, 0.3) is 0 Å². The second kappa shape index (κ2) is 8.94. The second-order valence-corrected chi connectivity index (χ2v) is 8.92. The zero-order chi connectivity index (χ0) is 21.0. The van der Waals surface area contributed by atoms with Crippen LogP contribution in [0.4, 0.5) is 0 Å². The van der Waals surface area contributed by atoms with E-state index in [9.17, 15) is 13.2 Å². The van der Waals surface area contributed by atoms with Crippen molar-refractivity contribution in [2.45, 2.75) is 24.8 Å². The number of amides is 1. The average Bonchev–Trinajstić information content (AvgIpc) is 2.74. The maximum Gasteiger partial charge on any atom is 0.251 e. The highest BCUT2D eigenvalue weighted by Crippen LogP contribution is 2.26. The summed E-state index contributed by atoms with van der Waals surface area (Å²) in [7, 11) is -1.99. The number of carbonyl (C=O) groups excluding carboxylic acids is 1. The third kappa shape index (κ3) is 4.77. The van der Waals surface area contributed by atoms with E-state index in [0.717, 1.165) is 11.1 Å².